The van der Waals surface area contributed by atoms with E-state index < -0.39 is 5.91 Å². The zero-order valence-electron chi connectivity index (χ0n) is 8.95. The molecule has 2 N–H and O–H groups in total. The highest BCUT2D eigenvalue weighted by atomic mass is 16.5. The van der Waals surface area contributed by atoms with Crippen LogP contribution in [-0.4, -0.2) is 19.1 Å². The third-order valence-electron chi connectivity index (χ3n) is 1.83. The molecule has 0 radical (unpaired) electrons. The van der Waals surface area contributed by atoms with E-state index in [0.29, 0.717) is 30.3 Å². The van der Waals surface area contributed by atoms with E-state index in [1.807, 2.05) is 13.8 Å². The molecule has 0 aliphatic rings. The minimum Gasteiger partial charge on any atom is -0.494 e. The molecule has 0 atom stereocenters. The smallest absolute Gasteiger partial charge is 0.252 e. The molecule has 0 spiro atoms. The van der Waals surface area contributed by atoms with Crippen LogP contribution in [0.5, 0.6) is 11.5 Å². The molecule has 0 heterocycles. The van der Waals surface area contributed by atoms with Crippen LogP contribution < -0.4 is 15.2 Å². The lowest BCUT2D eigenvalue weighted by Gasteiger charge is -2.09. The summed E-state index contributed by atoms with van der Waals surface area (Å²) in [6.45, 7) is 4.77. The summed E-state index contributed by atoms with van der Waals surface area (Å²) in [4.78, 5) is 11.1. The van der Waals surface area contributed by atoms with Crippen LogP contribution in [0.25, 0.3) is 0 Å². The molecule has 0 saturated carbocycles. The third kappa shape index (κ3) is 2.87. The van der Waals surface area contributed by atoms with Crippen LogP contribution in [0, 0.1) is 0 Å². The summed E-state index contributed by atoms with van der Waals surface area (Å²) in [6, 6.07) is 5.03. The number of primary amides is 1. The van der Waals surface area contributed by atoms with E-state index in [-0.39, 0.29) is 0 Å². The fourth-order valence-corrected chi connectivity index (χ4v) is 1.24. The fourth-order valence-electron chi connectivity index (χ4n) is 1.24. The Kier molecular flexibility index (Phi) is 3.97. The van der Waals surface area contributed by atoms with Crippen molar-refractivity contribution in [2.45, 2.75) is 13.8 Å². The van der Waals surface area contributed by atoms with E-state index in [9.17, 15) is 4.79 Å². The minimum absolute atomic E-state index is 0.350. The van der Waals surface area contributed by atoms with Gasteiger partial charge in [-0.15, -0.1) is 0 Å². The van der Waals surface area contributed by atoms with Crippen molar-refractivity contribution in [3.8, 4) is 11.5 Å². The van der Waals surface area contributed by atoms with Crippen molar-refractivity contribution in [3.63, 3.8) is 0 Å². The third-order valence-corrected chi connectivity index (χ3v) is 1.83. The van der Waals surface area contributed by atoms with Crippen LogP contribution in [0.15, 0.2) is 18.2 Å². The Morgan fingerprint density at radius 2 is 1.93 bits per heavy atom. The number of ether oxygens (including phenoxy) is 2. The number of amides is 1. The Labute approximate surface area is 89.0 Å². The van der Waals surface area contributed by atoms with E-state index in [1.54, 1.807) is 18.2 Å². The van der Waals surface area contributed by atoms with Gasteiger partial charge in [0, 0.05) is 0 Å². The van der Waals surface area contributed by atoms with E-state index in [2.05, 4.69) is 0 Å². The molecule has 4 heteroatoms. The largest absolute Gasteiger partial charge is 0.494 e. The molecule has 1 rings (SSSR count). The summed E-state index contributed by atoms with van der Waals surface area (Å²) in [5.41, 5.74) is 5.59. The predicted molar refractivity (Wildman–Crippen MR) is 57.3 cm³/mol. The van der Waals surface area contributed by atoms with Crippen molar-refractivity contribution in [3.05, 3.63) is 23.8 Å². The second-order valence-electron chi connectivity index (χ2n) is 2.89. The van der Waals surface area contributed by atoms with Crippen LogP contribution in [-0.2, 0) is 0 Å². The van der Waals surface area contributed by atoms with Gasteiger partial charge in [0.25, 0.3) is 5.91 Å². The van der Waals surface area contributed by atoms with Gasteiger partial charge in [0.05, 0.1) is 18.8 Å². The summed E-state index contributed by atoms with van der Waals surface area (Å²) < 4.78 is 10.5. The van der Waals surface area contributed by atoms with Crippen molar-refractivity contribution in [2.24, 2.45) is 5.73 Å². The molecular formula is C11H15NO3. The quantitative estimate of drug-likeness (QED) is 0.800. The highest BCUT2D eigenvalue weighted by Crippen LogP contribution is 2.23. The summed E-state index contributed by atoms with van der Waals surface area (Å²) in [5, 5.41) is 0. The Morgan fingerprint density at radius 3 is 2.47 bits per heavy atom. The first-order valence-corrected chi connectivity index (χ1v) is 4.88. The van der Waals surface area contributed by atoms with Crippen molar-refractivity contribution in [1.29, 1.82) is 0 Å². The van der Waals surface area contributed by atoms with Gasteiger partial charge < -0.3 is 15.2 Å². The van der Waals surface area contributed by atoms with E-state index in [4.69, 9.17) is 15.2 Å². The van der Waals surface area contributed by atoms with Gasteiger partial charge in [0.15, 0.2) is 0 Å². The average molecular weight is 209 g/mol. The second-order valence-corrected chi connectivity index (χ2v) is 2.89. The van der Waals surface area contributed by atoms with Gasteiger partial charge in [0.1, 0.15) is 11.5 Å². The molecule has 1 aromatic carbocycles. The van der Waals surface area contributed by atoms with Crippen LogP contribution in [0.2, 0.25) is 0 Å². The first-order valence-electron chi connectivity index (χ1n) is 4.88. The van der Waals surface area contributed by atoms with Crippen molar-refractivity contribution >= 4 is 5.91 Å². The van der Waals surface area contributed by atoms with Gasteiger partial charge in [-0.25, -0.2) is 0 Å². The maximum atomic E-state index is 11.1. The molecule has 0 bridgehead atoms. The first-order chi connectivity index (χ1) is 7.19. The van der Waals surface area contributed by atoms with Crippen molar-refractivity contribution < 1.29 is 14.3 Å². The molecule has 0 aliphatic carbocycles. The Bertz CT molecular complexity index is 350. The van der Waals surface area contributed by atoms with Gasteiger partial charge in [-0.2, -0.15) is 0 Å². The summed E-state index contributed by atoms with van der Waals surface area (Å²) in [6.07, 6.45) is 0. The lowest BCUT2D eigenvalue weighted by Crippen LogP contribution is -2.13. The molecule has 0 saturated heterocycles. The van der Waals surface area contributed by atoms with E-state index in [0.717, 1.165) is 0 Å². The van der Waals surface area contributed by atoms with E-state index in [1.165, 1.54) is 0 Å². The molecule has 1 amide bonds. The van der Waals surface area contributed by atoms with Crippen molar-refractivity contribution in [2.75, 3.05) is 13.2 Å². The highest BCUT2D eigenvalue weighted by molar-refractivity contribution is 5.96. The van der Waals surface area contributed by atoms with Crippen LogP contribution in [0.1, 0.15) is 24.2 Å². The van der Waals surface area contributed by atoms with Gasteiger partial charge >= 0.3 is 0 Å². The Morgan fingerprint density at radius 1 is 1.27 bits per heavy atom. The summed E-state index contributed by atoms with van der Waals surface area (Å²) in [7, 11) is 0. The zero-order chi connectivity index (χ0) is 11.3. The Balaban J connectivity index is 3.03. The Hall–Kier alpha value is -1.71. The molecule has 0 aromatic heterocycles. The molecule has 0 unspecified atom stereocenters. The minimum atomic E-state index is -0.514. The van der Waals surface area contributed by atoms with E-state index >= 15 is 0 Å². The van der Waals surface area contributed by atoms with Gasteiger partial charge in [-0.05, 0) is 32.0 Å². The number of hydrogen-bond acceptors (Lipinski definition) is 3. The van der Waals surface area contributed by atoms with Gasteiger partial charge in [-0.1, -0.05) is 0 Å². The lowest BCUT2D eigenvalue weighted by atomic mass is 10.2. The van der Waals surface area contributed by atoms with Crippen LogP contribution >= 0.6 is 0 Å². The van der Waals surface area contributed by atoms with Crippen LogP contribution in [0.3, 0.4) is 0 Å². The number of carbonyl (C=O) groups excluding carboxylic acids is 1. The maximum absolute atomic E-state index is 11.1. The molecule has 1 aromatic rings. The number of carbonyl (C=O) groups is 1. The highest BCUT2D eigenvalue weighted by Gasteiger charge is 2.10. The molecule has 0 fully saturated rings. The normalized spacial score (nSPS) is 9.73. The topological polar surface area (TPSA) is 61.6 Å². The average Bonchev–Trinajstić information content (AvgIpc) is 2.21. The fraction of sp³-hybridized carbons (Fsp3) is 0.364. The molecule has 82 valence electrons. The second kappa shape index (κ2) is 5.24. The zero-order valence-corrected chi connectivity index (χ0v) is 8.95. The van der Waals surface area contributed by atoms with Crippen LogP contribution in [0.4, 0.5) is 0 Å². The van der Waals surface area contributed by atoms with Gasteiger partial charge in [0.2, 0.25) is 0 Å². The number of hydrogen-bond donors (Lipinski definition) is 1. The van der Waals surface area contributed by atoms with Gasteiger partial charge in [-0.3, -0.25) is 4.79 Å². The molecule has 0 aliphatic heterocycles. The SMILES string of the molecule is CCOc1ccc(OCC)c(C(N)=O)c1. The standard InChI is InChI=1S/C11H15NO3/c1-3-14-8-5-6-10(15-4-2)9(7-8)11(12)13/h5-7H,3-4H2,1-2H3,(H2,12,13). The number of rotatable bonds is 5. The number of benzene rings is 1. The molecule has 4 nitrogen and oxygen atoms in total. The summed E-state index contributed by atoms with van der Waals surface area (Å²) in [5.74, 6) is 0.600. The molecule has 15 heavy (non-hydrogen) atoms. The molecular weight excluding hydrogens is 194 g/mol. The summed E-state index contributed by atoms with van der Waals surface area (Å²) >= 11 is 0. The van der Waals surface area contributed by atoms with Crippen molar-refractivity contribution in [1.82, 2.24) is 0 Å². The maximum Gasteiger partial charge on any atom is 0.252 e. The lowest BCUT2D eigenvalue weighted by molar-refractivity contribution is 0.0996. The number of nitrogens with two attached hydrogens (primary N) is 1. The first kappa shape index (κ1) is 11.4. The predicted octanol–water partition coefficient (Wildman–Crippen LogP) is 1.58. The monoisotopic (exact) mass is 209 g/mol.